The Hall–Kier alpha value is -2.82. The summed E-state index contributed by atoms with van der Waals surface area (Å²) in [6.45, 7) is 8.58. The summed E-state index contributed by atoms with van der Waals surface area (Å²) in [6.07, 6.45) is 0.468. The third-order valence-electron chi connectivity index (χ3n) is 11.4. The number of rotatable bonds is 8. The van der Waals surface area contributed by atoms with Gasteiger partial charge in [0.2, 0.25) is 0 Å². The van der Waals surface area contributed by atoms with Crippen molar-refractivity contribution in [2.75, 3.05) is 0 Å². The minimum atomic E-state index is -4.80. The summed E-state index contributed by atoms with van der Waals surface area (Å²) in [4.78, 5) is 0. The lowest BCUT2D eigenvalue weighted by Crippen LogP contribution is -2.41. The van der Waals surface area contributed by atoms with E-state index in [0.29, 0.717) is 29.4 Å². The molecule has 0 radical (unpaired) electrons. The Kier molecular flexibility index (Phi) is 6.80. The highest BCUT2D eigenvalue weighted by Gasteiger charge is 2.65. The third-order valence-corrected chi connectivity index (χ3v) is 11.4. The van der Waals surface area contributed by atoms with Crippen molar-refractivity contribution in [3.05, 3.63) is 65.4 Å². The van der Waals surface area contributed by atoms with Crippen LogP contribution in [0.5, 0.6) is 5.75 Å². The van der Waals surface area contributed by atoms with Crippen molar-refractivity contribution in [3.8, 4) is 17.0 Å². The largest absolute Gasteiger partial charge is 0.573 e. The van der Waals surface area contributed by atoms with Gasteiger partial charge in [-0.25, -0.2) is 0 Å². The molecular formula is C35H39BF3NO5. The normalized spacial score (nSPS) is 31.2. The first-order valence-corrected chi connectivity index (χ1v) is 16.3. The van der Waals surface area contributed by atoms with E-state index in [4.69, 9.17) is 18.6 Å². The number of aromatic nitrogens is 1. The van der Waals surface area contributed by atoms with Crippen LogP contribution < -0.4 is 10.2 Å². The predicted molar refractivity (Wildman–Crippen MR) is 162 cm³/mol. The number of nitrogens with zero attached hydrogens (tertiary/aromatic N) is 1. The fourth-order valence-corrected chi connectivity index (χ4v) is 8.39. The highest BCUT2D eigenvalue weighted by atomic mass is 19.4. The van der Waals surface area contributed by atoms with Crippen molar-refractivity contribution in [3.63, 3.8) is 0 Å². The van der Waals surface area contributed by atoms with E-state index in [9.17, 15) is 13.2 Å². The SMILES string of the molecule is CC1(C)OB(c2ccc(C3C[C@H]4C[C@@H](OCc5c(-c6ccccc6OC(F)(F)F)noc5C5CC5)C[C@@H]5C4[C@@H]35)cc2)OC1(C)C. The molecule has 2 aromatic carbocycles. The molecule has 3 aromatic rings. The highest BCUT2D eigenvalue weighted by molar-refractivity contribution is 6.62. The number of fused-ring (bicyclic) bond motifs is 1. The molecule has 0 bridgehead atoms. The topological polar surface area (TPSA) is 63.0 Å². The number of ether oxygens (including phenoxy) is 2. The van der Waals surface area contributed by atoms with Crippen molar-refractivity contribution in [1.82, 2.24) is 5.16 Å². The first-order chi connectivity index (χ1) is 21.4. The van der Waals surface area contributed by atoms with Crippen LogP contribution in [0, 0.1) is 23.7 Å². The summed E-state index contributed by atoms with van der Waals surface area (Å²) in [6, 6.07) is 15.0. The first kappa shape index (κ1) is 29.6. The molecule has 2 heterocycles. The number of hydrogen-bond acceptors (Lipinski definition) is 6. The van der Waals surface area contributed by atoms with Gasteiger partial charge >= 0.3 is 13.5 Å². The lowest BCUT2D eigenvalue weighted by Gasteiger charge is -2.32. The molecule has 6 nitrogen and oxygen atoms in total. The molecule has 238 valence electrons. The number of halogens is 3. The summed E-state index contributed by atoms with van der Waals surface area (Å²) in [5, 5.41) is 4.23. The van der Waals surface area contributed by atoms with E-state index in [0.717, 1.165) is 54.8 Å². The van der Waals surface area contributed by atoms with Gasteiger partial charge in [-0.3, -0.25) is 0 Å². The monoisotopic (exact) mass is 621 g/mol. The highest BCUT2D eigenvalue weighted by Crippen LogP contribution is 2.71. The van der Waals surface area contributed by atoms with E-state index in [-0.39, 0.29) is 48.3 Å². The molecular weight excluding hydrogens is 582 g/mol. The quantitative estimate of drug-likeness (QED) is 0.240. The number of benzene rings is 2. The average Bonchev–Trinajstić information content (AvgIpc) is 3.84. The van der Waals surface area contributed by atoms with Gasteiger partial charge in [-0.1, -0.05) is 41.6 Å². The predicted octanol–water partition coefficient (Wildman–Crippen LogP) is 7.76. The zero-order valence-corrected chi connectivity index (χ0v) is 26.1. The zero-order chi connectivity index (χ0) is 31.3. The van der Waals surface area contributed by atoms with Crippen molar-refractivity contribution in [1.29, 1.82) is 0 Å². The summed E-state index contributed by atoms with van der Waals surface area (Å²) >= 11 is 0. The van der Waals surface area contributed by atoms with Gasteiger partial charge in [0.05, 0.1) is 23.9 Å². The minimum absolute atomic E-state index is 0.115. The molecule has 8 rings (SSSR count). The molecule has 0 amide bonds. The van der Waals surface area contributed by atoms with Crippen LogP contribution in [-0.2, 0) is 20.7 Å². The Labute approximate surface area is 262 Å². The summed E-state index contributed by atoms with van der Waals surface area (Å²) in [5.41, 5.74) is 3.13. The third kappa shape index (κ3) is 5.30. The molecule has 0 N–H and O–H groups in total. The van der Waals surface area contributed by atoms with Gasteiger partial charge in [-0.2, -0.15) is 0 Å². The number of alkyl halides is 3. The lowest BCUT2D eigenvalue weighted by atomic mass is 9.76. The standard InChI is InChI=1S/C35H39BF3NO5/c1-33(2)34(3,4)45-36(44-33)22-13-11-19(12-14-22)25-16-21-15-23(17-26-29(21)30(25)26)41-18-27-31(40-43-32(27)20-9-10-20)24-7-5-6-8-28(24)42-35(37,38)39/h5-8,11-14,20-21,23,25-26,29-30H,9-10,15-18H2,1-4H3/t21-,23-,25?,26-,29?,30+/m1/s1. The van der Waals surface area contributed by atoms with Crippen molar-refractivity contribution in [2.45, 2.75) is 102 Å². The van der Waals surface area contributed by atoms with Gasteiger partial charge in [0.1, 0.15) is 17.2 Å². The molecule has 1 aromatic heterocycles. The van der Waals surface area contributed by atoms with E-state index in [1.807, 2.05) is 0 Å². The molecule has 45 heavy (non-hydrogen) atoms. The molecule has 0 spiro atoms. The van der Waals surface area contributed by atoms with Crippen LogP contribution in [-0.4, -0.2) is 35.9 Å². The molecule has 10 heteroatoms. The van der Waals surface area contributed by atoms with Crippen molar-refractivity contribution < 1.29 is 36.5 Å². The van der Waals surface area contributed by atoms with Gasteiger partial charge in [0, 0.05) is 17.0 Å². The van der Waals surface area contributed by atoms with E-state index in [1.54, 1.807) is 12.1 Å². The van der Waals surface area contributed by atoms with Gasteiger partial charge in [-0.15, -0.1) is 13.2 Å². The van der Waals surface area contributed by atoms with Crippen molar-refractivity contribution >= 4 is 12.6 Å². The van der Waals surface area contributed by atoms with Gasteiger partial charge in [-0.05, 0) is 113 Å². The molecule has 2 unspecified atom stereocenters. The average molecular weight is 622 g/mol. The second kappa shape index (κ2) is 10.3. The van der Waals surface area contributed by atoms with E-state index in [2.05, 4.69) is 61.9 Å². The van der Waals surface area contributed by atoms with Crippen LogP contribution in [0.4, 0.5) is 13.2 Å². The van der Waals surface area contributed by atoms with Gasteiger partial charge in [0.15, 0.2) is 0 Å². The fraction of sp³-hybridized carbons (Fsp3) is 0.571. The van der Waals surface area contributed by atoms with Crippen LogP contribution in [0.1, 0.15) is 88.5 Å². The van der Waals surface area contributed by atoms with E-state index < -0.39 is 6.36 Å². The van der Waals surface area contributed by atoms with Crippen LogP contribution in [0.2, 0.25) is 0 Å². The lowest BCUT2D eigenvalue weighted by molar-refractivity contribution is -0.274. The van der Waals surface area contributed by atoms with Gasteiger partial charge in [0.25, 0.3) is 0 Å². The minimum Gasteiger partial charge on any atom is -0.405 e. The molecule has 5 aliphatic rings. The maximum absolute atomic E-state index is 13.2. The van der Waals surface area contributed by atoms with Crippen LogP contribution in [0.15, 0.2) is 53.1 Å². The number of hydrogen-bond donors (Lipinski definition) is 0. The van der Waals surface area contributed by atoms with Gasteiger partial charge < -0.3 is 23.3 Å². The number of para-hydroxylation sites is 1. The Balaban J connectivity index is 0.935. The first-order valence-electron chi connectivity index (χ1n) is 16.3. The maximum atomic E-state index is 13.2. The molecule has 4 saturated carbocycles. The molecule has 1 aliphatic heterocycles. The van der Waals surface area contributed by atoms with Crippen LogP contribution in [0.3, 0.4) is 0 Å². The second-order valence-electron chi connectivity index (χ2n) is 14.8. The Morgan fingerprint density at radius 1 is 0.911 bits per heavy atom. The summed E-state index contributed by atoms with van der Waals surface area (Å²) < 4.78 is 68.6. The van der Waals surface area contributed by atoms with Crippen LogP contribution >= 0.6 is 0 Å². The molecule has 5 fully saturated rings. The van der Waals surface area contributed by atoms with E-state index in [1.165, 1.54) is 17.7 Å². The van der Waals surface area contributed by atoms with Crippen molar-refractivity contribution in [2.24, 2.45) is 23.7 Å². The summed E-state index contributed by atoms with van der Waals surface area (Å²) in [5.74, 6) is 3.98. The Morgan fingerprint density at radius 3 is 2.29 bits per heavy atom. The molecule has 6 atom stereocenters. The smallest absolute Gasteiger partial charge is 0.405 e. The zero-order valence-electron chi connectivity index (χ0n) is 26.1. The van der Waals surface area contributed by atoms with Crippen LogP contribution in [0.25, 0.3) is 11.3 Å². The molecule has 1 saturated heterocycles. The fourth-order valence-electron chi connectivity index (χ4n) is 8.39. The Bertz CT molecular complexity index is 1570. The molecule has 4 aliphatic carbocycles. The Morgan fingerprint density at radius 2 is 1.62 bits per heavy atom. The van der Waals surface area contributed by atoms with E-state index >= 15 is 0 Å². The second-order valence-corrected chi connectivity index (χ2v) is 14.8. The summed E-state index contributed by atoms with van der Waals surface area (Å²) in [7, 11) is -0.351. The maximum Gasteiger partial charge on any atom is 0.573 e.